The lowest BCUT2D eigenvalue weighted by atomic mass is 10.1. The van der Waals surface area contributed by atoms with Gasteiger partial charge < -0.3 is 15.3 Å². The predicted octanol–water partition coefficient (Wildman–Crippen LogP) is 4.36. The number of nitrogens with zero attached hydrogens (tertiary/aromatic N) is 3. The van der Waals surface area contributed by atoms with Gasteiger partial charge in [-0.15, -0.1) is 0 Å². The summed E-state index contributed by atoms with van der Waals surface area (Å²) in [5.74, 6) is -0.353. The molecule has 2 heterocycles. The van der Waals surface area contributed by atoms with E-state index >= 15 is 0 Å². The van der Waals surface area contributed by atoms with Crippen molar-refractivity contribution in [1.82, 2.24) is 15.1 Å². The number of benzene rings is 2. The van der Waals surface area contributed by atoms with Gasteiger partial charge in [0.1, 0.15) is 11.4 Å². The molecule has 3 aromatic rings. The van der Waals surface area contributed by atoms with Crippen LogP contribution in [0.5, 0.6) is 0 Å². The first-order valence-electron chi connectivity index (χ1n) is 10.5. The second kappa shape index (κ2) is 8.67. The average molecular weight is 453 g/mol. The van der Waals surface area contributed by atoms with Gasteiger partial charge in [-0.3, -0.25) is 4.79 Å². The summed E-state index contributed by atoms with van der Waals surface area (Å²) in [6.07, 6.45) is 0. The van der Waals surface area contributed by atoms with E-state index in [0.717, 1.165) is 40.6 Å². The van der Waals surface area contributed by atoms with E-state index in [-0.39, 0.29) is 17.5 Å². The summed E-state index contributed by atoms with van der Waals surface area (Å²) >= 11 is 6.16. The Morgan fingerprint density at radius 3 is 2.53 bits per heavy atom. The van der Waals surface area contributed by atoms with E-state index < -0.39 is 5.97 Å². The molecule has 1 aliphatic rings. The van der Waals surface area contributed by atoms with E-state index in [2.05, 4.69) is 21.4 Å². The van der Waals surface area contributed by atoms with Crippen LogP contribution >= 0.6 is 11.6 Å². The van der Waals surface area contributed by atoms with Crippen molar-refractivity contribution in [3.8, 4) is 0 Å². The van der Waals surface area contributed by atoms with Gasteiger partial charge in [0.25, 0.3) is 5.91 Å². The zero-order valence-electron chi connectivity index (χ0n) is 18.2. The van der Waals surface area contributed by atoms with Crippen LogP contribution in [0.15, 0.2) is 42.5 Å². The van der Waals surface area contributed by atoms with Crippen molar-refractivity contribution in [3.05, 3.63) is 81.0 Å². The normalized spacial score (nSPS) is 13.7. The summed E-state index contributed by atoms with van der Waals surface area (Å²) in [5, 5.41) is 17.4. The summed E-state index contributed by atoms with van der Waals surface area (Å²) in [5.41, 5.74) is 4.44. The minimum absolute atomic E-state index is 0.197. The van der Waals surface area contributed by atoms with E-state index in [4.69, 9.17) is 16.7 Å². The fourth-order valence-corrected chi connectivity index (χ4v) is 4.20. The number of aryl methyl sites for hydroxylation is 2. The van der Waals surface area contributed by atoms with Crippen molar-refractivity contribution in [2.24, 2.45) is 0 Å². The minimum atomic E-state index is -0.977. The number of hydrogen-bond acceptors (Lipinski definition) is 4. The number of fused-ring (bicyclic) bond motifs is 1. The third-order valence-electron chi connectivity index (χ3n) is 5.81. The number of carbonyl (C=O) groups excluding carboxylic acids is 1. The number of hydrogen-bond donors (Lipinski definition) is 2. The quantitative estimate of drug-likeness (QED) is 0.580. The van der Waals surface area contributed by atoms with E-state index in [0.29, 0.717) is 17.8 Å². The van der Waals surface area contributed by atoms with Crippen molar-refractivity contribution in [3.63, 3.8) is 0 Å². The molecule has 7 nitrogen and oxygen atoms in total. The molecule has 32 heavy (non-hydrogen) atoms. The molecular weight excluding hydrogens is 428 g/mol. The van der Waals surface area contributed by atoms with Gasteiger partial charge in [0.2, 0.25) is 0 Å². The van der Waals surface area contributed by atoms with E-state index in [9.17, 15) is 9.59 Å². The third kappa shape index (κ3) is 4.21. The van der Waals surface area contributed by atoms with Crippen molar-refractivity contribution >= 4 is 29.3 Å². The number of carboxylic acid groups (broad SMARTS) is 1. The largest absolute Gasteiger partial charge is 0.478 e. The summed E-state index contributed by atoms with van der Waals surface area (Å²) in [7, 11) is 0. The molecule has 1 atom stereocenters. The Bertz CT molecular complexity index is 1190. The maximum absolute atomic E-state index is 13.2. The second-order valence-electron chi connectivity index (χ2n) is 8.13. The fourth-order valence-electron chi connectivity index (χ4n) is 4.08. The summed E-state index contributed by atoms with van der Waals surface area (Å²) in [6, 6.07) is 12.2. The number of nitrogens with one attached hydrogen (secondary N) is 1. The standard InChI is InChI=1S/C24H25ClN4O3/c1-14-12-17(4-9-20(14)25)13-28-10-11-29-23(28)21(16(3)27-29)22(30)26-15(2)18-5-7-19(8-6-18)24(31)32/h4-9,12,15H,10-11,13H2,1-3H3,(H,26,30)(H,31,32)/t15-/m0/s1. The summed E-state index contributed by atoms with van der Waals surface area (Å²) in [6.45, 7) is 7.86. The van der Waals surface area contributed by atoms with Crippen LogP contribution in [0.2, 0.25) is 5.02 Å². The number of carboxylic acids is 1. The highest BCUT2D eigenvalue weighted by molar-refractivity contribution is 6.31. The Morgan fingerprint density at radius 2 is 1.88 bits per heavy atom. The number of amides is 1. The van der Waals surface area contributed by atoms with Gasteiger partial charge in [-0.1, -0.05) is 35.9 Å². The van der Waals surface area contributed by atoms with Gasteiger partial charge in [-0.25, -0.2) is 9.48 Å². The van der Waals surface area contributed by atoms with Crippen molar-refractivity contribution in [2.45, 2.75) is 39.9 Å². The molecule has 0 spiro atoms. The predicted molar refractivity (Wildman–Crippen MR) is 123 cm³/mol. The smallest absolute Gasteiger partial charge is 0.335 e. The van der Waals surface area contributed by atoms with Crippen molar-refractivity contribution < 1.29 is 14.7 Å². The SMILES string of the molecule is Cc1cc(CN2CCn3nc(C)c(C(=O)N[C@@H](C)c4ccc(C(=O)O)cc4)c32)ccc1Cl. The fraction of sp³-hybridized carbons (Fsp3) is 0.292. The molecule has 1 amide bonds. The second-order valence-corrected chi connectivity index (χ2v) is 8.54. The van der Waals surface area contributed by atoms with Crippen LogP contribution in [0.4, 0.5) is 5.82 Å². The van der Waals surface area contributed by atoms with Gasteiger partial charge >= 0.3 is 5.97 Å². The lowest BCUT2D eigenvalue weighted by molar-refractivity contribution is 0.0696. The zero-order valence-corrected chi connectivity index (χ0v) is 19.0. The maximum atomic E-state index is 13.2. The molecule has 0 fully saturated rings. The molecule has 0 radical (unpaired) electrons. The van der Waals surface area contributed by atoms with Crippen LogP contribution in [0.3, 0.4) is 0 Å². The lowest BCUT2D eigenvalue weighted by Gasteiger charge is -2.20. The van der Waals surface area contributed by atoms with E-state index in [1.807, 2.05) is 37.6 Å². The van der Waals surface area contributed by atoms with Crippen LogP contribution in [0.1, 0.15) is 56.1 Å². The Labute approximate surface area is 191 Å². The molecule has 0 saturated heterocycles. The topological polar surface area (TPSA) is 87.5 Å². The van der Waals surface area contributed by atoms with Crippen molar-refractivity contribution in [1.29, 1.82) is 0 Å². The molecule has 4 rings (SSSR count). The number of carbonyl (C=O) groups is 2. The molecule has 0 saturated carbocycles. The van der Waals surface area contributed by atoms with Crippen LogP contribution in [0, 0.1) is 13.8 Å². The van der Waals surface area contributed by atoms with Gasteiger partial charge in [0, 0.05) is 18.1 Å². The molecule has 0 aliphatic carbocycles. The molecular formula is C24H25ClN4O3. The third-order valence-corrected chi connectivity index (χ3v) is 6.23. The molecule has 0 bridgehead atoms. The molecule has 2 N–H and O–H groups in total. The molecule has 1 aliphatic heterocycles. The molecule has 166 valence electrons. The van der Waals surface area contributed by atoms with Gasteiger partial charge in [0.05, 0.1) is 23.8 Å². The van der Waals surface area contributed by atoms with Crippen LogP contribution in [-0.4, -0.2) is 33.3 Å². The minimum Gasteiger partial charge on any atom is -0.478 e. The number of halogens is 1. The maximum Gasteiger partial charge on any atom is 0.335 e. The van der Waals surface area contributed by atoms with Crippen LogP contribution in [0.25, 0.3) is 0 Å². The first-order valence-corrected chi connectivity index (χ1v) is 10.8. The monoisotopic (exact) mass is 452 g/mol. The number of rotatable bonds is 6. The van der Waals surface area contributed by atoms with Gasteiger partial charge in [-0.2, -0.15) is 5.10 Å². The Hall–Kier alpha value is -3.32. The Balaban J connectivity index is 1.55. The van der Waals surface area contributed by atoms with E-state index in [1.54, 1.807) is 24.3 Å². The number of aromatic carboxylic acids is 1. The average Bonchev–Trinajstić information content (AvgIpc) is 3.28. The molecule has 1 aromatic heterocycles. The zero-order chi connectivity index (χ0) is 23.0. The van der Waals surface area contributed by atoms with Crippen LogP contribution in [-0.2, 0) is 13.1 Å². The lowest BCUT2D eigenvalue weighted by Crippen LogP contribution is -2.29. The molecule has 8 heteroatoms. The van der Waals surface area contributed by atoms with Gasteiger partial charge in [-0.05, 0) is 55.7 Å². The molecule has 0 unspecified atom stereocenters. The van der Waals surface area contributed by atoms with E-state index in [1.165, 1.54) is 0 Å². The Morgan fingerprint density at radius 1 is 1.16 bits per heavy atom. The van der Waals surface area contributed by atoms with Crippen molar-refractivity contribution in [2.75, 3.05) is 11.4 Å². The van der Waals surface area contributed by atoms with Gasteiger partial charge in [0.15, 0.2) is 0 Å². The molecule has 2 aromatic carbocycles. The number of anilines is 1. The summed E-state index contributed by atoms with van der Waals surface area (Å²) < 4.78 is 1.89. The first-order chi connectivity index (χ1) is 15.2. The highest BCUT2D eigenvalue weighted by atomic mass is 35.5. The highest BCUT2D eigenvalue weighted by Gasteiger charge is 2.30. The van der Waals surface area contributed by atoms with Crippen LogP contribution < -0.4 is 10.2 Å². The summed E-state index contributed by atoms with van der Waals surface area (Å²) in [4.78, 5) is 26.5. The number of aromatic nitrogens is 2. The Kier molecular flexibility index (Phi) is 5.93. The first kappa shape index (κ1) is 21.9. The highest BCUT2D eigenvalue weighted by Crippen LogP contribution is 2.31.